The molecule has 0 fully saturated rings. The van der Waals surface area contributed by atoms with Crippen molar-refractivity contribution >= 4 is 11.7 Å². The second kappa shape index (κ2) is 6.10. The first kappa shape index (κ1) is 12.5. The fraction of sp³-hybridized carbons (Fsp3) is 0.500. The smallest absolute Gasteiger partial charge is 0.354 e. The van der Waals surface area contributed by atoms with Crippen molar-refractivity contribution in [2.24, 2.45) is 0 Å². The van der Waals surface area contributed by atoms with E-state index >= 15 is 0 Å². The van der Waals surface area contributed by atoms with Crippen LogP contribution in [-0.4, -0.2) is 29.7 Å². The van der Waals surface area contributed by atoms with Crippen LogP contribution in [0.25, 0.3) is 0 Å². The number of aromatic nitrogens is 1. The van der Waals surface area contributed by atoms with E-state index in [1.807, 2.05) is 13.1 Å². The van der Waals surface area contributed by atoms with Crippen molar-refractivity contribution in [3.05, 3.63) is 24.0 Å². The largest absolute Gasteiger partial charge is 0.477 e. The number of aromatic carboxylic acids is 1. The van der Waals surface area contributed by atoms with Crippen molar-refractivity contribution in [2.45, 2.75) is 26.2 Å². The summed E-state index contributed by atoms with van der Waals surface area (Å²) in [6.07, 6.45) is 5.04. The third kappa shape index (κ3) is 3.53. The highest BCUT2D eigenvalue weighted by Gasteiger charge is 2.07. The summed E-state index contributed by atoms with van der Waals surface area (Å²) in [4.78, 5) is 16.6. The zero-order chi connectivity index (χ0) is 12.0. The molecule has 16 heavy (non-hydrogen) atoms. The molecule has 0 atom stereocenters. The van der Waals surface area contributed by atoms with Gasteiger partial charge in [-0.05, 0) is 18.6 Å². The molecule has 1 N–H and O–H groups in total. The average molecular weight is 222 g/mol. The second-order valence-corrected chi connectivity index (χ2v) is 3.83. The number of carboxylic acid groups (broad SMARTS) is 1. The summed E-state index contributed by atoms with van der Waals surface area (Å²) in [7, 11) is 1.97. The Hall–Kier alpha value is -1.58. The molecule has 1 heterocycles. The van der Waals surface area contributed by atoms with Gasteiger partial charge in [0.1, 0.15) is 5.69 Å². The minimum Gasteiger partial charge on any atom is -0.477 e. The molecule has 0 aliphatic carbocycles. The van der Waals surface area contributed by atoms with Crippen molar-refractivity contribution in [1.29, 1.82) is 0 Å². The monoisotopic (exact) mass is 222 g/mol. The number of hydrogen-bond donors (Lipinski definition) is 1. The third-order valence-electron chi connectivity index (χ3n) is 2.50. The number of pyridine rings is 1. The van der Waals surface area contributed by atoms with Gasteiger partial charge in [0.15, 0.2) is 0 Å². The molecule has 1 rings (SSSR count). The summed E-state index contributed by atoms with van der Waals surface area (Å²) in [5.41, 5.74) is 1.00. The Morgan fingerprint density at radius 1 is 1.50 bits per heavy atom. The summed E-state index contributed by atoms with van der Waals surface area (Å²) in [5, 5.41) is 8.82. The number of anilines is 1. The molecule has 0 radical (unpaired) electrons. The average Bonchev–Trinajstić information content (AvgIpc) is 2.29. The van der Waals surface area contributed by atoms with E-state index in [1.54, 1.807) is 6.07 Å². The predicted molar refractivity (Wildman–Crippen MR) is 64.0 cm³/mol. The maximum atomic E-state index is 10.8. The van der Waals surface area contributed by atoms with E-state index in [2.05, 4.69) is 16.8 Å². The van der Waals surface area contributed by atoms with Crippen molar-refractivity contribution in [1.82, 2.24) is 4.98 Å². The van der Waals surface area contributed by atoms with Crippen LogP contribution in [0.15, 0.2) is 18.3 Å². The van der Waals surface area contributed by atoms with Crippen molar-refractivity contribution < 1.29 is 9.90 Å². The molecule has 0 amide bonds. The Kier molecular flexibility index (Phi) is 4.76. The molecule has 0 saturated carbocycles. The molecular formula is C12H18N2O2. The molecule has 1 aromatic heterocycles. The Labute approximate surface area is 95.9 Å². The lowest BCUT2D eigenvalue weighted by atomic mass is 10.2. The van der Waals surface area contributed by atoms with E-state index in [1.165, 1.54) is 19.0 Å². The standard InChI is InChI=1S/C12H18N2O2/c1-3-4-5-8-14(2)10-6-7-13-11(9-10)12(15)16/h6-7,9H,3-5,8H2,1-2H3,(H,15,16). The third-order valence-corrected chi connectivity index (χ3v) is 2.50. The van der Waals surface area contributed by atoms with E-state index in [0.717, 1.165) is 18.7 Å². The minimum atomic E-state index is -0.983. The number of nitrogens with zero attached hydrogens (tertiary/aromatic N) is 2. The quantitative estimate of drug-likeness (QED) is 0.751. The molecule has 0 aromatic carbocycles. The Morgan fingerprint density at radius 2 is 2.25 bits per heavy atom. The number of rotatable bonds is 6. The Balaban J connectivity index is 2.64. The fourth-order valence-electron chi connectivity index (χ4n) is 1.50. The molecule has 0 saturated heterocycles. The second-order valence-electron chi connectivity index (χ2n) is 3.83. The van der Waals surface area contributed by atoms with Gasteiger partial charge < -0.3 is 10.0 Å². The SMILES string of the molecule is CCCCCN(C)c1ccnc(C(=O)O)c1. The molecule has 88 valence electrons. The van der Waals surface area contributed by atoms with Crippen LogP contribution in [0.4, 0.5) is 5.69 Å². The lowest BCUT2D eigenvalue weighted by Crippen LogP contribution is -2.19. The van der Waals surface area contributed by atoms with E-state index in [4.69, 9.17) is 5.11 Å². The fourth-order valence-corrected chi connectivity index (χ4v) is 1.50. The van der Waals surface area contributed by atoms with E-state index in [-0.39, 0.29) is 5.69 Å². The normalized spacial score (nSPS) is 10.1. The van der Waals surface area contributed by atoms with Gasteiger partial charge in [-0.3, -0.25) is 0 Å². The zero-order valence-electron chi connectivity index (χ0n) is 9.81. The summed E-state index contributed by atoms with van der Waals surface area (Å²) in [6, 6.07) is 3.44. The number of carbonyl (C=O) groups is 1. The summed E-state index contributed by atoms with van der Waals surface area (Å²) >= 11 is 0. The summed E-state index contributed by atoms with van der Waals surface area (Å²) < 4.78 is 0. The predicted octanol–water partition coefficient (Wildman–Crippen LogP) is 2.41. The molecule has 0 bridgehead atoms. The molecule has 4 nitrogen and oxygen atoms in total. The maximum absolute atomic E-state index is 10.8. The molecule has 0 aliphatic heterocycles. The van der Waals surface area contributed by atoms with Crippen LogP contribution in [0.5, 0.6) is 0 Å². The molecule has 0 aliphatic rings. The van der Waals surface area contributed by atoms with Crippen molar-refractivity contribution in [3.8, 4) is 0 Å². The van der Waals surface area contributed by atoms with Gasteiger partial charge in [-0.1, -0.05) is 19.8 Å². The first-order valence-electron chi connectivity index (χ1n) is 5.55. The van der Waals surface area contributed by atoms with Gasteiger partial charge in [-0.15, -0.1) is 0 Å². The highest BCUT2D eigenvalue weighted by atomic mass is 16.4. The lowest BCUT2D eigenvalue weighted by molar-refractivity contribution is 0.0690. The van der Waals surface area contributed by atoms with Crippen LogP contribution in [-0.2, 0) is 0 Å². The highest BCUT2D eigenvalue weighted by Crippen LogP contribution is 2.13. The van der Waals surface area contributed by atoms with Gasteiger partial charge in [-0.2, -0.15) is 0 Å². The minimum absolute atomic E-state index is 0.0971. The van der Waals surface area contributed by atoms with Gasteiger partial charge in [0.2, 0.25) is 0 Å². The summed E-state index contributed by atoms with van der Waals surface area (Å²) in [5.74, 6) is -0.983. The zero-order valence-corrected chi connectivity index (χ0v) is 9.81. The first-order valence-corrected chi connectivity index (χ1v) is 5.55. The van der Waals surface area contributed by atoms with Crippen LogP contribution in [0.3, 0.4) is 0 Å². The summed E-state index contributed by atoms with van der Waals surface area (Å²) in [6.45, 7) is 3.10. The van der Waals surface area contributed by atoms with Crippen LogP contribution in [0.1, 0.15) is 36.7 Å². The van der Waals surface area contributed by atoms with Crippen LogP contribution in [0, 0.1) is 0 Å². The molecule has 4 heteroatoms. The topological polar surface area (TPSA) is 53.4 Å². The molecular weight excluding hydrogens is 204 g/mol. The van der Waals surface area contributed by atoms with Crippen molar-refractivity contribution in [3.63, 3.8) is 0 Å². The molecule has 0 unspecified atom stereocenters. The van der Waals surface area contributed by atoms with Gasteiger partial charge >= 0.3 is 5.97 Å². The highest BCUT2D eigenvalue weighted by molar-refractivity contribution is 5.86. The number of unbranched alkanes of at least 4 members (excludes halogenated alkanes) is 2. The van der Waals surface area contributed by atoms with E-state index in [9.17, 15) is 4.79 Å². The van der Waals surface area contributed by atoms with Crippen LogP contribution in [0.2, 0.25) is 0 Å². The maximum Gasteiger partial charge on any atom is 0.354 e. The number of carboxylic acids is 1. The Bertz CT molecular complexity index is 353. The van der Waals surface area contributed by atoms with Crippen LogP contribution < -0.4 is 4.90 Å². The van der Waals surface area contributed by atoms with E-state index < -0.39 is 5.97 Å². The number of hydrogen-bond acceptors (Lipinski definition) is 3. The van der Waals surface area contributed by atoms with Gasteiger partial charge in [0.05, 0.1) is 0 Å². The molecule has 0 spiro atoms. The van der Waals surface area contributed by atoms with Gasteiger partial charge in [-0.25, -0.2) is 9.78 Å². The Morgan fingerprint density at radius 3 is 2.88 bits per heavy atom. The lowest BCUT2D eigenvalue weighted by Gasteiger charge is -2.19. The van der Waals surface area contributed by atoms with Gasteiger partial charge in [0, 0.05) is 25.5 Å². The van der Waals surface area contributed by atoms with E-state index in [0.29, 0.717) is 0 Å². The van der Waals surface area contributed by atoms with Crippen LogP contribution >= 0.6 is 0 Å². The van der Waals surface area contributed by atoms with Crippen molar-refractivity contribution in [2.75, 3.05) is 18.5 Å². The van der Waals surface area contributed by atoms with Gasteiger partial charge in [0.25, 0.3) is 0 Å². The molecule has 1 aromatic rings. The first-order chi connectivity index (χ1) is 7.65.